The zero-order chi connectivity index (χ0) is 19.8. The highest BCUT2D eigenvalue weighted by atomic mass is 16.5. The van der Waals surface area contributed by atoms with Gasteiger partial charge in [-0.15, -0.1) is 0 Å². The van der Waals surface area contributed by atoms with Gasteiger partial charge in [0.25, 0.3) is 5.56 Å². The molecule has 0 saturated carbocycles. The molecular weight excluding hydrogens is 358 g/mol. The van der Waals surface area contributed by atoms with Crippen molar-refractivity contribution in [3.63, 3.8) is 0 Å². The van der Waals surface area contributed by atoms with E-state index in [-0.39, 0.29) is 11.3 Å². The Morgan fingerprint density at radius 2 is 1.68 bits per heavy atom. The molecule has 6 nitrogen and oxygen atoms in total. The van der Waals surface area contributed by atoms with Crippen LogP contribution in [0.2, 0.25) is 0 Å². The van der Waals surface area contributed by atoms with Crippen molar-refractivity contribution in [3.05, 3.63) is 57.9 Å². The van der Waals surface area contributed by atoms with Crippen LogP contribution in [0.4, 0.5) is 0 Å². The Labute approximate surface area is 162 Å². The van der Waals surface area contributed by atoms with Gasteiger partial charge in [-0.1, -0.05) is 24.3 Å². The molecule has 2 aromatic carbocycles. The summed E-state index contributed by atoms with van der Waals surface area (Å²) in [6, 6.07) is 10.9. The lowest BCUT2D eigenvalue weighted by atomic mass is 10.0. The molecule has 0 bridgehead atoms. The first kappa shape index (κ1) is 18.3. The Kier molecular flexibility index (Phi) is 4.65. The molecule has 1 aliphatic rings. The summed E-state index contributed by atoms with van der Waals surface area (Å²) in [5.74, 6) is 0.721. The molecule has 6 heteroatoms. The summed E-state index contributed by atoms with van der Waals surface area (Å²) in [5.41, 5.74) is 2.40. The van der Waals surface area contributed by atoms with Crippen LogP contribution in [0, 0.1) is 0 Å². The highest BCUT2D eigenvalue weighted by Gasteiger charge is 2.33. The molecule has 0 amide bonds. The molecule has 0 spiro atoms. The molecule has 0 radical (unpaired) electrons. The second kappa shape index (κ2) is 7.13. The molecule has 0 N–H and O–H groups in total. The Bertz CT molecular complexity index is 1150. The minimum atomic E-state index is -0.204. The van der Waals surface area contributed by atoms with Crippen LogP contribution >= 0.6 is 0 Å². The number of ketones is 1. The van der Waals surface area contributed by atoms with Gasteiger partial charge in [0.1, 0.15) is 0 Å². The van der Waals surface area contributed by atoms with Crippen LogP contribution in [0.3, 0.4) is 0 Å². The highest BCUT2D eigenvalue weighted by molar-refractivity contribution is 6.27. The number of methoxy groups -OCH3 is 3. The lowest BCUT2D eigenvalue weighted by molar-refractivity contribution is 0.104. The van der Waals surface area contributed by atoms with Crippen molar-refractivity contribution in [1.82, 2.24) is 4.57 Å². The van der Waals surface area contributed by atoms with Crippen LogP contribution in [-0.4, -0.2) is 38.3 Å². The minimum Gasteiger partial charge on any atom is -0.493 e. The zero-order valence-corrected chi connectivity index (χ0v) is 16.1. The van der Waals surface area contributed by atoms with Crippen molar-refractivity contribution in [2.24, 2.45) is 0 Å². The third-order valence-electron chi connectivity index (χ3n) is 5.16. The predicted octanol–water partition coefficient (Wildman–Crippen LogP) is 3.27. The predicted molar refractivity (Wildman–Crippen MR) is 107 cm³/mol. The second-order valence-corrected chi connectivity index (χ2v) is 6.63. The molecule has 1 heterocycles. The van der Waals surface area contributed by atoms with E-state index in [0.29, 0.717) is 58.7 Å². The van der Waals surface area contributed by atoms with Crippen LogP contribution < -0.4 is 15.0 Å². The molecule has 1 aliphatic carbocycles. The lowest BCUT2D eigenvalue weighted by Crippen LogP contribution is -2.24. The Hall–Kier alpha value is -3.12. The second-order valence-electron chi connectivity index (χ2n) is 6.63. The number of fused-ring (bicyclic) bond motifs is 5. The average Bonchev–Trinajstić information content (AvgIpc) is 3.02. The largest absolute Gasteiger partial charge is 0.493 e. The molecule has 28 heavy (non-hydrogen) atoms. The molecule has 3 aromatic rings. The van der Waals surface area contributed by atoms with Crippen molar-refractivity contribution in [1.29, 1.82) is 0 Å². The van der Waals surface area contributed by atoms with Gasteiger partial charge in [-0.2, -0.15) is 0 Å². The zero-order valence-electron chi connectivity index (χ0n) is 16.1. The normalized spacial score (nSPS) is 12.2. The third-order valence-corrected chi connectivity index (χ3v) is 5.16. The van der Waals surface area contributed by atoms with Crippen LogP contribution in [0.1, 0.15) is 22.3 Å². The van der Waals surface area contributed by atoms with E-state index in [9.17, 15) is 9.59 Å². The number of carbonyl (C=O) groups excluding carboxylic acids is 1. The van der Waals surface area contributed by atoms with Gasteiger partial charge in [0.05, 0.1) is 30.9 Å². The third kappa shape index (κ3) is 2.52. The molecule has 0 aliphatic heterocycles. The van der Waals surface area contributed by atoms with Crippen LogP contribution in [0.15, 0.2) is 41.2 Å². The number of pyridine rings is 1. The fourth-order valence-corrected chi connectivity index (χ4v) is 3.96. The van der Waals surface area contributed by atoms with Crippen LogP contribution in [0.5, 0.6) is 11.5 Å². The maximum Gasteiger partial charge on any atom is 0.262 e. The summed E-state index contributed by atoms with van der Waals surface area (Å²) < 4.78 is 17.7. The summed E-state index contributed by atoms with van der Waals surface area (Å²) in [4.78, 5) is 26.8. The van der Waals surface area contributed by atoms with Crippen molar-refractivity contribution < 1.29 is 19.0 Å². The van der Waals surface area contributed by atoms with Crippen LogP contribution in [-0.2, 0) is 11.3 Å². The number of aromatic nitrogens is 1. The molecule has 0 saturated heterocycles. The fourth-order valence-electron chi connectivity index (χ4n) is 3.96. The van der Waals surface area contributed by atoms with Crippen molar-refractivity contribution in [2.45, 2.75) is 13.0 Å². The topological polar surface area (TPSA) is 66.8 Å². The number of benzene rings is 2. The van der Waals surface area contributed by atoms with E-state index in [4.69, 9.17) is 14.2 Å². The van der Waals surface area contributed by atoms with E-state index in [1.807, 2.05) is 18.2 Å². The Balaban J connectivity index is 2.13. The molecule has 0 fully saturated rings. The lowest BCUT2D eigenvalue weighted by Gasteiger charge is -2.17. The molecule has 144 valence electrons. The van der Waals surface area contributed by atoms with Gasteiger partial charge in [-0.3, -0.25) is 9.59 Å². The number of rotatable bonds is 6. The first-order valence-electron chi connectivity index (χ1n) is 9.08. The molecule has 1 aromatic heterocycles. The van der Waals surface area contributed by atoms with Gasteiger partial charge in [-0.05, 0) is 18.6 Å². The smallest absolute Gasteiger partial charge is 0.262 e. The van der Waals surface area contributed by atoms with E-state index in [1.54, 1.807) is 29.9 Å². The van der Waals surface area contributed by atoms with Gasteiger partial charge in [0.2, 0.25) is 0 Å². The Morgan fingerprint density at radius 1 is 0.929 bits per heavy atom. The quantitative estimate of drug-likeness (QED) is 0.481. The number of hydrogen-bond acceptors (Lipinski definition) is 5. The highest BCUT2D eigenvalue weighted by Crippen LogP contribution is 2.42. The summed E-state index contributed by atoms with van der Waals surface area (Å²) in [5, 5.41) is 0.945. The van der Waals surface area contributed by atoms with Crippen LogP contribution in [0.25, 0.3) is 22.0 Å². The number of hydrogen-bond donors (Lipinski definition) is 0. The van der Waals surface area contributed by atoms with E-state index >= 15 is 0 Å². The Morgan fingerprint density at radius 3 is 2.36 bits per heavy atom. The van der Waals surface area contributed by atoms with Gasteiger partial charge in [0.15, 0.2) is 17.3 Å². The van der Waals surface area contributed by atoms with Gasteiger partial charge < -0.3 is 18.8 Å². The standard InChI is InChI=1S/C22H21NO5/c1-26-12-6-11-23-19-13-7-4-5-8-14(13)20(24)17(19)15-9-10-16(27-2)21(28-3)18(15)22(23)25/h4-5,7-10H,6,11-12H2,1-3H3. The number of ether oxygens (including phenoxy) is 3. The SMILES string of the molecule is COCCCn1c2c(c3ccc(OC)c(OC)c3c1=O)C(=O)c1ccccc1-2. The van der Waals surface area contributed by atoms with E-state index in [0.717, 1.165) is 5.56 Å². The van der Waals surface area contributed by atoms with E-state index < -0.39 is 0 Å². The van der Waals surface area contributed by atoms with E-state index in [1.165, 1.54) is 14.2 Å². The summed E-state index contributed by atoms with van der Waals surface area (Å²) in [7, 11) is 4.64. The van der Waals surface area contributed by atoms with Crippen molar-refractivity contribution in [3.8, 4) is 22.8 Å². The molecule has 0 unspecified atom stereocenters. The summed E-state index contributed by atoms with van der Waals surface area (Å²) in [6.07, 6.45) is 0.650. The maximum atomic E-state index is 13.5. The average molecular weight is 379 g/mol. The van der Waals surface area contributed by atoms with E-state index in [2.05, 4.69) is 0 Å². The number of carbonyl (C=O) groups is 1. The molecular formula is C22H21NO5. The first-order chi connectivity index (χ1) is 13.6. The fraction of sp³-hybridized carbons (Fsp3) is 0.273. The first-order valence-corrected chi connectivity index (χ1v) is 9.08. The van der Waals surface area contributed by atoms with Gasteiger partial charge in [-0.25, -0.2) is 0 Å². The minimum absolute atomic E-state index is 0.0803. The monoisotopic (exact) mass is 379 g/mol. The van der Waals surface area contributed by atoms with Crippen molar-refractivity contribution >= 4 is 16.6 Å². The van der Waals surface area contributed by atoms with Crippen molar-refractivity contribution in [2.75, 3.05) is 27.9 Å². The molecule has 4 rings (SSSR count). The maximum absolute atomic E-state index is 13.5. The summed E-state index contributed by atoms with van der Waals surface area (Å²) in [6.45, 7) is 0.955. The molecule has 0 atom stereocenters. The van der Waals surface area contributed by atoms with Gasteiger partial charge >= 0.3 is 0 Å². The number of nitrogens with zero attached hydrogens (tertiary/aromatic N) is 1. The summed E-state index contributed by atoms with van der Waals surface area (Å²) >= 11 is 0. The van der Waals surface area contributed by atoms with Gasteiger partial charge in [0, 0.05) is 36.8 Å².